The second-order valence-corrected chi connectivity index (χ2v) is 2.84. The minimum absolute atomic E-state index is 0.505. The highest BCUT2D eigenvalue weighted by atomic mass is 15.3. The van der Waals surface area contributed by atoms with Crippen molar-refractivity contribution in [3.05, 3.63) is 12.4 Å². The SMILES string of the molecule is CC(C)C1NC=CN1C. The standard InChI is InChI=1S/C7H14N2/c1-6(2)7-8-4-5-9(7)3/h4-8H,1-3H3. The summed E-state index contributed by atoms with van der Waals surface area (Å²) >= 11 is 0. The lowest BCUT2D eigenvalue weighted by molar-refractivity contribution is 0.258. The van der Waals surface area contributed by atoms with Gasteiger partial charge < -0.3 is 10.2 Å². The number of nitrogens with one attached hydrogen (secondary N) is 1. The van der Waals surface area contributed by atoms with Crippen LogP contribution in [0.3, 0.4) is 0 Å². The summed E-state index contributed by atoms with van der Waals surface area (Å²) in [7, 11) is 2.08. The van der Waals surface area contributed by atoms with Gasteiger partial charge in [0.15, 0.2) is 0 Å². The van der Waals surface area contributed by atoms with Crippen molar-refractivity contribution in [1.82, 2.24) is 10.2 Å². The number of hydrogen-bond acceptors (Lipinski definition) is 2. The van der Waals surface area contributed by atoms with E-state index >= 15 is 0 Å². The van der Waals surface area contributed by atoms with Crippen LogP contribution < -0.4 is 5.32 Å². The molecule has 2 heteroatoms. The van der Waals surface area contributed by atoms with Gasteiger partial charge in [0.25, 0.3) is 0 Å². The molecule has 1 N–H and O–H groups in total. The fourth-order valence-corrected chi connectivity index (χ4v) is 1.13. The summed E-state index contributed by atoms with van der Waals surface area (Å²) in [6, 6.07) is 0. The van der Waals surface area contributed by atoms with Gasteiger partial charge in [-0.2, -0.15) is 0 Å². The zero-order chi connectivity index (χ0) is 6.85. The Balaban J connectivity index is 2.45. The Morgan fingerprint density at radius 2 is 2.22 bits per heavy atom. The first-order valence-electron chi connectivity index (χ1n) is 3.36. The van der Waals surface area contributed by atoms with E-state index in [9.17, 15) is 0 Å². The van der Waals surface area contributed by atoms with Gasteiger partial charge >= 0.3 is 0 Å². The van der Waals surface area contributed by atoms with Gasteiger partial charge in [0.1, 0.15) is 6.17 Å². The molecule has 9 heavy (non-hydrogen) atoms. The molecule has 0 aromatic heterocycles. The molecule has 0 fully saturated rings. The Labute approximate surface area is 56.5 Å². The molecular weight excluding hydrogens is 112 g/mol. The molecule has 0 radical (unpaired) electrons. The van der Waals surface area contributed by atoms with Crippen molar-refractivity contribution in [2.45, 2.75) is 20.0 Å². The van der Waals surface area contributed by atoms with Gasteiger partial charge in [0.2, 0.25) is 0 Å². The summed E-state index contributed by atoms with van der Waals surface area (Å²) in [4.78, 5) is 2.19. The first-order valence-corrected chi connectivity index (χ1v) is 3.36. The van der Waals surface area contributed by atoms with Crippen LogP contribution >= 0.6 is 0 Å². The van der Waals surface area contributed by atoms with Gasteiger partial charge in [0, 0.05) is 19.4 Å². The zero-order valence-corrected chi connectivity index (χ0v) is 6.26. The van der Waals surface area contributed by atoms with E-state index in [-0.39, 0.29) is 0 Å². The summed E-state index contributed by atoms with van der Waals surface area (Å²) in [5, 5.41) is 3.25. The lowest BCUT2D eigenvalue weighted by Crippen LogP contribution is -2.37. The first kappa shape index (κ1) is 6.46. The Morgan fingerprint density at radius 1 is 1.56 bits per heavy atom. The van der Waals surface area contributed by atoms with Crippen molar-refractivity contribution in [2.75, 3.05) is 7.05 Å². The molecule has 0 bridgehead atoms. The van der Waals surface area contributed by atoms with Crippen molar-refractivity contribution in [3.63, 3.8) is 0 Å². The zero-order valence-electron chi connectivity index (χ0n) is 6.26. The fraction of sp³-hybridized carbons (Fsp3) is 0.714. The van der Waals surface area contributed by atoms with Crippen LogP contribution in [0.15, 0.2) is 12.4 Å². The predicted octanol–water partition coefficient (Wildman–Crippen LogP) is 0.975. The third-order valence-corrected chi connectivity index (χ3v) is 1.65. The molecule has 52 valence electrons. The van der Waals surface area contributed by atoms with Crippen molar-refractivity contribution >= 4 is 0 Å². The summed E-state index contributed by atoms with van der Waals surface area (Å²) in [5.41, 5.74) is 0. The maximum Gasteiger partial charge on any atom is 0.100 e. The lowest BCUT2D eigenvalue weighted by Gasteiger charge is -2.24. The van der Waals surface area contributed by atoms with E-state index in [0.717, 1.165) is 0 Å². The topological polar surface area (TPSA) is 15.3 Å². The molecule has 1 aliphatic heterocycles. The minimum Gasteiger partial charge on any atom is -0.370 e. The Bertz CT molecular complexity index is 118. The van der Waals surface area contributed by atoms with Crippen LogP contribution in [0.2, 0.25) is 0 Å². The molecular formula is C7H14N2. The van der Waals surface area contributed by atoms with Crippen LogP contribution in [0, 0.1) is 5.92 Å². The Morgan fingerprint density at radius 3 is 2.44 bits per heavy atom. The highest BCUT2D eigenvalue weighted by molar-refractivity contribution is 4.93. The number of nitrogens with zero attached hydrogens (tertiary/aromatic N) is 1. The van der Waals surface area contributed by atoms with Crippen LogP contribution in [0.4, 0.5) is 0 Å². The quantitative estimate of drug-likeness (QED) is 0.563. The third kappa shape index (κ3) is 1.18. The van der Waals surface area contributed by atoms with Crippen LogP contribution in [-0.4, -0.2) is 18.1 Å². The predicted molar refractivity (Wildman–Crippen MR) is 38.7 cm³/mol. The average molecular weight is 126 g/mol. The van der Waals surface area contributed by atoms with Crippen molar-refractivity contribution in [1.29, 1.82) is 0 Å². The minimum atomic E-state index is 0.505. The molecule has 1 rings (SSSR count). The molecule has 1 atom stereocenters. The first-order chi connectivity index (χ1) is 4.22. The molecule has 0 aromatic carbocycles. The summed E-state index contributed by atoms with van der Waals surface area (Å²) in [6.07, 6.45) is 4.56. The van der Waals surface area contributed by atoms with Crippen LogP contribution in [-0.2, 0) is 0 Å². The smallest absolute Gasteiger partial charge is 0.100 e. The lowest BCUT2D eigenvalue weighted by atomic mass is 10.1. The molecule has 2 nitrogen and oxygen atoms in total. The van der Waals surface area contributed by atoms with E-state index in [0.29, 0.717) is 12.1 Å². The number of hydrogen-bond donors (Lipinski definition) is 1. The Hall–Kier alpha value is -0.660. The molecule has 0 amide bonds. The van der Waals surface area contributed by atoms with Crippen molar-refractivity contribution in [2.24, 2.45) is 5.92 Å². The summed E-state index contributed by atoms with van der Waals surface area (Å²) in [6.45, 7) is 4.42. The van der Waals surface area contributed by atoms with Gasteiger partial charge in [-0.05, 0) is 5.92 Å². The van der Waals surface area contributed by atoms with Crippen LogP contribution in [0.25, 0.3) is 0 Å². The molecule has 0 spiro atoms. The van der Waals surface area contributed by atoms with Gasteiger partial charge in [-0.25, -0.2) is 0 Å². The molecule has 1 aliphatic rings. The molecule has 0 saturated carbocycles. The van der Waals surface area contributed by atoms with Crippen LogP contribution in [0.5, 0.6) is 0 Å². The van der Waals surface area contributed by atoms with E-state index in [1.165, 1.54) is 0 Å². The molecule has 1 unspecified atom stereocenters. The summed E-state index contributed by atoms with van der Waals surface area (Å²) < 4.78 is 0. The normalized spacial score (nSPS) is 25.3. The van der Waals surface area contributed by atoms with E-state index in [2.05, 4.69) is 37.3 Å². The summed E-state index contributed by atoms with van der Waals surface area (Å²) in [5.74, 6) is 0.671. The molecule has 0 aliphatic carbocycles. The van der Waals surface area contributed by atoms with Crippen molar-refractivity contribution < 1.29 is 0 Å². The van der Waals surface area contributed by atoms with Crippen molar-refractivity contribution in [3.8, 4) is 0 Å². The molecule has 1 heterocycles. The Kier molecular flexibility index (Phi) is 1.65. The second-order valence-electron chi connectivity index (χ2n) is 2.84. The largest absolute Gasteiger partial charge is 0.370 e. The second kappa shape index (κ2) is 2.29. The van der Waals surface area contributed by atoms with Gasteiger partial charge in [-0.1, -0.05) is 13.8 Å². The highest BCUT2D eigenvalue weighted by Gasteiger charge is 2.17. The third-order valence-electron chi connectivity index (χ3n) is 1.65. The van der Waals surface area contributed by atoms with E-state index in [4.69, 9.17) is 0 Å². The van der Waals surface area contributed by atoms with E-state index in [1.54, 1.807) is 0 Å². The maximum absolute atomic E-state index is 3.25. The highest BCUT2D eigenvalue weighted by Crippen LogP contribution is 2.09. The fourth-order valence-electron chi connectivity index (χ4n) is 1.13. The van der Waals surface area contributed by atoms with Gasteiger partial charge in [-0.15, -0.1) is 0 Å². The maximum atomic E-state index is 3.25. The van der Waals surface area contributed by atoms with Gasteiger partial charge in [0.05, 0.1) is 0 Å². The number of rotatable bonds is 1. The van der Waals surface area contributed by atoms with Gasteiger partial charge in [-0.3, -0.25) is 0 Å². The molecule has 0 aromatic rings. The average Bonchev–Trinajstić information content (AvgIpc) is 2.13. The monoisotopic (exact) mass is 126 g/mol. The van der Waals surface area contributed by atoms with E-state index < -0.39 is 0 Å². The van der Waals surface area contributed by atoms with E-state index in [1.807, 2.05) is 6.20 Å². The molecule has 0 saturated heterocycles. The van der Waals surface area contributed by atoms with Crippen LogP contribution in [0.1, 0.15) is 13.8 Å².